The molecule has 3 aromatic rings. The molecule has 3 amide bonds. The van der Waals surface area contributed by atoms with Gasteiger partial charge in [-0.2, -0.15) is 0 Å². The van der Waals surface area contributed by atoms with E-state index in [2.05, 4.69) is 15.6 Å². The quantitative estimate of drug-likeness (QED) is 0.434. The lowest BCUT2D eigenvalue weighted by atomic mass is 9.97. The van der Waals surface area contributed by atoms with E-state index in [1.165, 1.54) is 28.0 Å². The first-order valence-corrected chi connectivity index (χ1v) is 12.2. The number of rotatable bonds is 5. The van der Waals surface area contributed by atoms with Gasteiger partial charge in [-0.1, -0.05) is 23.9 Å². The van der Waals surface area contributed by atoms with Crippen molar-refractivity contribution in [2.24, 2.45) is 0 Å². The predicted molar refractivity (Wildman–Crippen MR) is 124 cm³/mol. The van der Waals surface area contributed by atoms with Crippen molar-refractivity contribution < 1.29 is 14.0 Å². The topological polar surface area (TPSA) is 93.1 Å². The molecule has 0 saturated heterocycles. The number of amides is 3. The number of imide groups is 1. The summed E-state index contributed by atoms with van der Waals surface area (Å²) in [6.07, 6.45) is 3.79. The van der Waals surface area contributed by atoms with Crippen molar-refractivity contribution in [3.8, 4) is 5.69 Å². The molecule has 1 aliphatic carbocycles. The Bertz CT molecular complexity index is 1250. The first kappa shape index (κ1) is 22.5. The van der Waals surface area contributed by atoms with Crippen molar-refractivity contribution >= 4 is 45.3 Å². The number of aromatic nitrogens is 2. The number of aryl methyl sites for hydroxylation is 2. The molecule has 0 aliphatic heterocycles. The van der Waals surface area contributed by atoms with Gasteiger partial charge in [0.05, 0.1) is 16.8 Å². The summed E-state index contributed by atoms with van der Waals surface area (Å²) in [6, 6.07) is 5.29. The maximum atomic E-state index is 14.7. The Morgan fingerprint density at radius 3 is 2.75 bits per heavy atom. The monoisotopic (exact) mass is 474 g/mol. The van der Waals surface area contributed by atoms with Crippen LogP contribution in [-0.2, 0) is 17.6 Å². The van der Waals surface area contributed by atoms with E-state index in [4.69, 9.17) is 0 Å². The van der Waals surface area contributed by atoms with Crippen molar-refractivity contribution in [3.63, 3.8) is 0 Å². The van der Waals surface area contributed by atoms with Gasteiger partial charge in [0.25, 0.3) is 5.56 Å². The number of para-hydroxylation sites is 1. The summed E-state index contributed by atoms with van der Waals surface area (Å²) in [5.74, 6) is -1.24. The number of thioether (sulfide) groups is 1. The molecule has 2 heterocycles. The summed E-state index contributed by atoms with van der Waals surface area (Å²) in [6.45, 7) is 3.57. The number of thiophene rings is 1. The molecule has 1 aromatic carbocycles. The Morgan fingerprint density at radius 2 is 2.00 bits per heavy atom. The van der Waals surface area contributed by atoms with Crippen molar-refractivity contribution in [2.75, 3.05) is 5.75 Å². The van der Waals surface area contributed by atoms with Gasteiger partial charge in [-0.3, -0.25) is 19.5 Å². The first-order chi connectivity index (χ1) is 15.3. The third-order valence-electron chi connectivity index (χ3n) is 5.06. The van der Waals surface area contributed by atoms with Crippen LogP contribution < -0.4 is 16.2 Å². The van der Waals surface area contributed by atoms with Crippen LogP contribution in [0.2, 0.25) is 0 Å². The molecule has 2 N–H and O–H groups in total. The summed E-state index contributed by atoms with van der Waals surface area (Å²) in [4.78, 5) is 44.0. The molecular formula is C22H23FN4O3S2. The Morgan fingerprint density at radius 1 is 1.25 bits per heavy atom. The molecule has 1 aliphatic rings. The average molecular weight is 475 g/mol. The van der Waals surface area contributed by atoms with Crippen LogP contribution in [0.25, 0.3) is 15.9 Å². The molecule has 0 radical (unpaired) electrons. The number of hydrogen-bond acceptors (Lipinski definition) is 6. The minimum Gasteiger partial charge on any atom is -0.336 e. The highest BCUT2D eigenvalue weighted by Gasteiger charge is 2.24. The Balaban J connectivity index is 1.73. The van der Waals surface area contributed by atoms with Crippen molar-refractivity contribution in [2.45, 2.75) is 50.7 Å². The third kappa shape index (κ3) is 4.56. The lowest BCUT2D eigenvalue weighted by molar-refractivity contribution is -0.117. The van der Waals surface area contributed by atoms with Crippen LogP contribution in [0.15, 0.2) is 34.2 Å². The van der Waals surface area contributed by atoms with Crippen LogP contribution in [0.4, 0.5) is 9.18 Å². The molecule has 168 valence electrons. The largest absolute Gasteiger partial charge is 0.336 e. The van der Waals surface area contributed by atoms with Crippen LogP contribution >= 0.6 is 23.1 Å². The zero-order chi connectivity index (χ0) is 22.8. The fourth-order valence-corrected chi connectivity index (χ4v) is 5.83. The van der Waals surface area contributed by atoms with Gasteiger partial charge < -0.3 is 5.32 Å². The van der Waals surface area contributed by atoms with Crippen molar-refractivity contribution in [3.05, 3.63) is 50.9 Å². The van der Waals surface area contributed by atoms with E-state index in [0.717, 1.165) is 47.9 Å². The summed E-state index contributed by atoms with van der Waals surface area (Å²) in [7, 11) is 0. The number of urea groups is 1. The molecule has 4 rings (SSSR count). The smallest absolute Gasteiger partial charge is 0.321 e. The van der Waals surface area contributed by atoms with E-state index in [1.54, 1.807) is 26.0 Å². The maximum Gasteiger partial charge on any atom is 0.321 e. The highest BCUT2D eigenvalue weighted by Crippen LogP contribution is 2.35. The molecule has 2 aromatic heterocycles. The third-order valence-corrected chi connectivity index (χ3v) is 7.18. The molecule has 32 heavy (non-hydrogen) atoms. The van der Waals surface area contributed by atoms with Crippen LogP contribution in [0.3, 0.4) is 0 Å². The first-order valence-electron chi connectivity index (χ1n) is 10.4. The second-order valence-electron chi connectivity index (χ2n) is 7.84. The lowest BCUT2D eigenvalue weighted by Gasteiger charge is -2.14. The Hall–Kier alpha value is -2.72. The van der Waals surface area contributed by atoms with Gasteiger partial charge in [0, 0.05) is 10.9 Å². The minimum absolute atomic E-state index is 0.0862. The Kier molecular flexibility index (Phi) is 6.61. The zero-order valence-electron chi connectivity index (χ0n) is 17.7. The number of nitrogens with one attached hydrogen (secondary N) is 2. The predicted octanol–water partition coefficient (Wildman–Crippen LogP) is 3.79. The molecule has 0 saturated carbocycles. The molecule has 0 fully saturated rings. The van der Waals surface area contributed by atoms with E-state index in [1.807, 2.05) is 0 Å². The molecule has 0 unspecified atom stereocenters. The highest BCUT2D eigenvalue weighted by atomic mass is 32.2. The number of fused-ring (bicyclic) bond motifs is 3. The van der Waals surface area contributed by atoms with Gasteiger partial charge in [0.1, 0.15) is 10.6 Å². The average Bonchev–Trinajstić information content (AvgIpc) is 3.11. The van der Waals surface area contributed by atoms with Crippen LogP contribution in [0.5, 0.6) is 0 Å². The molecular weight excluding hydrogens is 451 g/mol. The van der Waals surface area contributed by atoms with Gasteiger partial charge in [-0.05, 0) is 57.2 Å². The number of benzene rings is 1. The Labute approximate surface area is 192 Å². The molecule has 0 atom stereocenters. The summed E-state index contributed by atoms with van der Waals surface area (Å²) in [5.41, 5.74) is 0.765. The maximum absolute atomic E-state index is 14.7. The fourth-order valence-electron chi connectivity index (χ4n) is 3.72. The number of hydrogen-bond donors (Lipinski definition) is 2. The SMILES string of the molecule is CC(C)NC(=O)NC(=O)CSc1nc2sc3c(c2c(=O)n1-c1ccccc1F)CCCC3. The molecule has 10 heteroatoms. The van der Waals surface area contributed by atoms with Gasteiger partial charge in [0.2, 0.25) is 5.91 Å². The van der Waals surface area contributed by atoms with Crippen LogP contribution in [0, 0.1) is 5.82 Å². The van der Waals surface area contributed by atoms with E-state index in [-0.39, 0.29) is 28.2 Å². The number of halogens is 1. The number of nitrogens with zero attached hydrogens (tertiary/aromatic N) is 2. The number of carbonyl (C=O) groups is 2. The normalized spacial score (nSPS) is 13.2. The van der Waals surface area contributed by atoms with Crippen molar-refractivity contribution in [1.82, 2.24) is 20.2 Å². The second-order valence-corrected chi connectivity index (χ2v) is 9.87. The van der Waals surface area contributed by atoms with Gasteiger partial charge in [-0.25, -0.2) is 14.2 Å². The molecule has 7 nitrogen and oxygen atoms in total. The van der Waals surface area contributed by atoms with E-state index in [9.17, 15) is 18.8 Å². The number of carbonyl (C=O) groups excluding carboxylic acids is 2. The van der Waals surface area contributed by atoms with Crippen molar-refractivity contribution in [1.29, 1.82) is 0 Å². The summed E-state index contributed by atoms with van der Waals surface area (Å²) < 4.78 is 15.9. The zero-order valence-corrected chi connectivity index (χ0v) is 19.4. The van der Waals surface area contributed by atoms with Gasteiger partial charge in [-0.15, -0.1) is 11.3 Å². The standard InChI is InChI=1S/C22H23FN4O3S2/c1-12(2)24-21(30)25-17(28)11-31-22-26-19-18(13-7-3-6-10-16(13)32-19)20(29)27(22)15-9-5-4-8-14(15)23/h4-5,8-9,12H,3,6-7,10-11H2,1-2H3,(H2,24,25,28,30). The van der Waals surface area contributed by atoms with Gasteiger partial charge in [0.15, 0.2) is 5.16 Å². The van der Waals surface area contributed by atoms with E-state index >= 15 is 0 Å². The lowest BCUT2D eigenvalue weighted by Crippen LogP contribution is -2.43. The summed E-state index contributed by atoms with van der Waals surface area (Å²) >= 11 is 2.49. The van der Waals surface area contributed by atoms with E-state index < -0.39 is 17.8 Å². The molecule has 0 bridgehead atoms. The van der Waals surface area contributed by atoms with Crippen LogP contribution in [0.1, 0.15) is 37.1 Å². The van der Waals surface area contributed by atoms with Gasteiger partial charge >= 0.3 is 6.03 Å². The highest BCUT2D eigenvalue weighted by molar-refractivity contribution is 7.99. The minimum atomic E-state index is -0.591. The summed E-state index contributed by atoms with van der Waals surface area (Å²) in [5, 5.41) is 5.58. The molecule has 0 spiro atoms. The fraction of sp³-hybridized carbons (Fsp3) is 0.364. The van der Waals surface area contributed by atoms with E-state index in [0.29, 0.717) is 10.2 Å². The van der Waals surface area contributed by atoms with Crippen LogP contribution in [-0.4, -0.2) is 33.3 Å². The second kappa shape index (κ2) is 9.41.